The van der Waals surface area contributed by atoms with Crippen LogP contribution in [0.25, 0.3) is 0 Å². The first-order chi connectivity index (χ1) is 12.9. The lowest BCUT2D eigenvalue weighted by Crippen LogP contribution is -2.39. The quantitative estimate of drug-likeness (QED) is 0.668. The Hall–Kier alpha value is -2.82. The van der Waals surface area contributed by atoms with Crippen molar-refractivity contribution < 1.29 is 19.1 Å². The van der Waals surface area contributed by atoms with Crippen molar-refractivity contribution in [1.29, 1.82) is 0 Å². The van der Waals surface area contributed by atoms with Gasteiger partial charge in [0.25, 0.3) is 5.91 Å². The van der Waals surface area contributed by atoms with Gasteiger partial charge in [-0.3, -0.25) is 9.59 Å². The fourth-order valence-electron chi connectivity index (χ4n) is 2.92. The highest BCUT2D eigenvalue weighted by atomic mass is 16.5. The van der Waals surface area contributed by atoms with Gasteiger partial charge in [0.15, 0.2) is 6.61 Å². The first-order valence-electron chi connectivity index (χ1n) is 9.01. The van der Waals surface area contributed by atoms with Crippen LogP contribution in [0.1, 0.15) is 23.6 Å². The second-order valence-electron chi connectivity index (χ2n) is 6.69. The van der Waals surface area contributed by atoms with Crippen molar-refractivity contribution in [3.63, 3.8) is 0 Å². The Morgan fingerprint density at radius 2 is 1.63 bits per heavy atom. The number of esters is 1. The second kappa shape index (κ2) is 9.76. The Balaban J connectivity index is 2.11. The van der Waals surface area contributed by atoms with Crippen LogP contribution in [0.3, 0.4) is 0 Å². The minimum atomic E-state index is -0.414. The van der Waals surface area contributed by atoms with E-state index in [4.69, 9.17) is 9.47 Å². The molecule has 27 heavy (non-hydrogen) atoms. The third kappa shape index (κ3) is 5.84. The van der Waals surface area contributed by atoms with Crippen molar-refractivity contribution in [3.05, 3.63) is 65.2 Å². The van der Waals surface area contributed by atoms with E-state index < -0.39 is 5.92 Å². The monoisotopic (exact) mass is 369 g/mol. The zero-order valence-corrected chi connectivity index (χ0v) is 16.4. The van der Waals surface area contributed by atoms with E-state index in [9.17, 15) is 9.59 Å². The van der Waals surface area contributed by atoms with Crippen LogP contribution in [0, 0.1) is 19.8 Å². The summed E-state index contributed by atoms with van der Waals surface area (Å²) in [5.74, 6) is -0.192. The number of nitrogens with zero attached hydrogens (tertiary/aromatic N) is 1. The lowest BCUT2D eigenvalue weighted by molar-refractivity contribution is -0.147. The Bertz CT molecular complexity index is 753. The fraction of sp³-hybridized carbons (Fsp3) is 0.364. The average molecular weight is 369 g/mol. The van der Waals surface area contributed by atoms with Crippen molar-refractivity contribution >= 4 is 11.9 Å². The Morgan fingerprint density at radius 3 is 2.22 bits per heavy atom. The van der Waals surface area contributed by atoms with Gasteiger partial charge in [-0.25, -0.2) is 0 Å². The molecule has 0 heterocycles. The summed E-state index contributed by atoms with van der Waals surface area (Å²) in [5.41, 5.74) is 2.97. The Labute approximate surface area is 160 Å². The van der Waals surface area contributed by atoms with Gasteiger partial charge in [0, 0.05) is 13.1 Å². The third-order valence-electron chi connectivity index (χ3n) is 4.42. The van der Waals surface area contributed by atoms with Gasteiger partial charge in [-0.05, 0) is 30.5 Å². The summed E-state index contributed by atoms with van der Waals surface area (Å²) in [6.45, 7) is 6.27. The molecule has 0 N–H and O–H groups in total. The Kier molecular flexibility index (Phi) is 7.41. The number of hydrogen-bond donors (Lipinski definition) is 0. The van der Waals surface area contributed by atoms with E-state index >= 15 is 0 Å². The number of benzene rings is 2. The van der Waals surface area contributed by atoms with E-state index in [1.54, 1.807) is 11.8 Å². The molecule has 0 fully saturated rings. The van der Waals surface area contributed by atoms with E-state index in [2.05, 4.69) is 0 Å². The Morgan fingerprint density at radius 1 is 1.00 bits per heavy atom. The molecule has 0 aliphatic rings. The van der Waals surface area contributed by atoms with Gasteiger partial charge in [0.2, 0.25) is 0 Å². The molecule has 5 heteroatoms. The number of ether oxygens (including phenoxy) is 2. The summed E-state index contributed by atoms with van der Waals surface area (Å²) < 4.78 is 10.6. The molecule has 0 aliphatic carbocycles. The molecule has 2 aromatic rings. The normalized spacial score (nSPS) is 11.6. The summed E-state index contributed by atoms with van der Waals surface area (Å²) in [6.07, 6.45) is 0. The maximum atomic E-state index is 12.8. The molecule has 5 nitrogen and oxygen atoms in total. The third-order valence-corrected chi connectivity index (χ3v) is 4.42. The van der Waals surface area contributed by atoms with E-state index in [-0.39, 0.29) is 25.0 Å². The molecule has 0 aliphatic heterocycles. The van der Waals surface area contributed by atoms with Crippen LogP contribution in [0.4, 0.5) is 0 Å². The number of amides is 1. The summed E-state index contributed by atoms with van der Waals surface area (Å²) in [6, 6.07) is 15.5. The molecule has 1 amide bonds. The van der Waals surface area contributed by atoms with Crippen LogP contribution < -0.4 is 4.74 Å². The molecular weight excluding hydrogens is 342 g/mol. The maximum Gasteiger partial charge on any atom is 0.310 e. The lowest BCUT2D eigenvalue weighted by Gasteiger charge is -2.25. The molecule has 2 aromatic carbocycles. The first kappa shape index (κ1) is 20.5. The van der Waals surface area contributed by atoms with Crippen LogP contribution >= 0.6 is 0 Å². The standard InChI is InChI=1S/C22H27NO4/c1-16-9-8-10-17(2)21(16)27-15-20(24)23(13-18(3)22(25)26-4)14-19-11-6-5-7-12-19/h5-12,18H,13-15H2,1-4H3. The smallest absolute Gasteiger partial charge is 0.310 e. The molecule has 144 valence electrons. The van der Waals surface area contributed by atoms with Gasteiger partial charge < -0.3 is 14.4 Å². The second-order valence-corrected chi connectivity index (χ2v) is 6.69. The predicted molar refractivity (Wildman–Crippen MR) is 104 cm³/mol. The zero-order chi connectivity index (χ0) is 19.8. The van der Waals surface area contributed by atoms with Crippen LogP contribution in [0.15, 0.2) is 48.5 Å². The van der Waals surface area contributed by atoms with Crippen molar-refractivity contribution in [2.24, 2.45) is 5.92 Å². The van der Waals surface area contributed by atoms with Crippen LogP contribution in [0.2, 0.25) is 0 Å². The predicted octanol–water partition coefficient (Wildman–Crippen LogP) is 3.52. The topological polar surface area (TPSA) is 55.8 Å². The van der Waals surface area contributed by atoms with Gasteiger partial charge in [-0.15, -0.1) is 0 Å². The molecule has 0 spiro atoms. The van der Waals surface area contributed by atoms with E-state index in [1.807, 2.05) is 62.4 Å². The van der Waals surface area contributed by atoms with Gasteiger partial charge >= 0.3 is 5.97 Å². The number of para-hydroxylation sites is 1. The van der Waals surface area contributed by atoms with Crippen molar-refractivity contribution in [2.75, 3.05) is 20.3 Å². The summed E-state index contributed by atoms with van der Waals surface area (Å²) in [5, 5.41) is 0. The number of aryl methyl sites for hydroxylation is 2. The van der Waals surface area contributed by atoms with Gasteiger partial charge in [-0.2, -0.15) is 0 Å². The molecular formula is C22H27NO4. The van der Waals surface area contributed by atoms with Gasteiger partial charge in [-0.1, -0.05) is 55.5 Å². The number of hydrogen-bond acceptors (Lipinski definition) is 4. The van der Waals surface area contributed by atoms with Crippen molar-refractivity contribution in [3.8, 4) is 5.75 Å². The van der Waals surface area contributed by atoms with Crippen molar-refractivity contribution in [1.82, 2.24) is 4.90 Å². The largest absolute Gasteiger partial charge is 0.483 e. The highest BCUT2D eigenvalue weighted by molar-refractivity contribution is 5.79. The first-order valence-corrected chi connectivity index (χ1v) is 9.01. The molecule has 1 atom stereocenters. The molecule has 0 radical (unpaired) electrons. The van der Waals surface area contributed by atoms with Gasteiger partial charge in [0.1, 0.15) is 5.75 Å². The highest BCUT2D eigenvalue weighted by Crippen LogP contribution is 2.22. The number of rotatable bonds is 8. The van der Waals surface area contributed by atoms with E-state index in [0.29, 0.717) is 6.54 Å². The van der Waals surface area contributed by atoms with E-state index in [0.717, 1.165) is 22.4 Å². The molecule has 0 saturated carbocycles. The van der Waals surface area contributed by atoms with Crippen molar-refractivity contribution in [2.45, 2.75) is 27.3 Å². The van der Waals surface area contributed by atoms with Crippen LogP contribution in [-0.2, 0) is 20.9 Å². The number of carbonyl (C=O) groups is 2. The molecule has 0 aromatic heterocycles. The minimum Gasteiger partial charge on any atom is -0.483 e. The molecule has 0 saturated heterocycles. The van der Waals surface area contributed by atoms with Gasteiger partial charge in [0.05, 0.1) is 13.0 Å². The SMILES string of the molecule is COC(=O)C(C)CN(Cc1ccccc1)C(=O)COc1c(C)cccc1C. The highest BCUT2D eigenvalue weighted by Gasteiger charge is 2.22. The number of methoxy groups -OCH3 is 1. The molecule has 2 rings (SSSR count). The zero-order valence-electron chi connectivity index (χ0n) is 16.4. The van der Waals surface area contributed by atoms with Crippen LogP contribution in [-0.4, -0.2) is 37.0 Å². The summed E-state index contributed by atoms with van der Waals surface area (Å²) in [7, 11) is 1.35. The molecule has 0 bridgehead atoms. The van der Waals surface area contributed by atoms with Crippen LogP contribution in [0.5, 0.6) is 5.75 Å². The van der Waals surface area contributed by atoms with E-state index in [1.165, 1.54) is 7.11 Å². The average Bonchev–Trinajstić information content (AvgIpc) is 2.67. The molecule has 1 unspecified atom stereocenters. The summed E-state index contributed by atoms with van der Waals surface area (Å²) >= 11 is 0. The maximum absolute atomic E-state index is 12.8. The minimum absolute atomic E-state index is 0.0770. The number of carbonyl (C=O) groups excluding carboxylic acids is 2. The fourth-order valence-corrected chi connectivity index (χ4v) is 2.92. The lowest BCUT2D eigenvalue weighted by atomic mass is 10.1. The summed E-state index contributed by atoms with van der Waals surface area (Å²) in [4.78, 5) is 26.3.